The molecule has 1 fully saturated rings. The van der Waals surface area contributed by atoms with Gasteiger partial charge in [0, 0.05) is 19.6 Å². The van der Waals surface area contributed by atoms with Gasteiger partial charge in [-0.1, -0.05) is 48.5 Å². The molecule has 1 unspecified atom stereocenters. The molecule has 0 radical (unpaired) electrons. The molecule has 2 aromatic carbocycles. The van der Waals surface area contributed by atoms with Gasteiger partial charge in [-0.15, -0.1) is 0 Å². The molecule has 7 nitrogen and oxygen atoms in total. The van der Waals surface area contributed by atoms with Crippen molar-refractivity contribution in [3.8, 4) is 0 Å². The molecule has 0 aliphatic carbocycles. The lowest BCUT2D eigenvalue weighted by molar-refractivity contribution is -0.120. The van der Waals surface area contributed by atoms with E-state index in [9.17, 15) is 13.2 Å². The van der Waals surface area contributed by atoms with E-state index in [0.717, 1.165) is 5.56 Å². The fraction of sp³-hybridized carbons (Fsp3) is 0.316. The number of carbonyl (C=O) groups is 1. The van der Waals surface area contributed by atoms with Gasteiger partial charge in [0.25, 0.3) is 0 Å². The number of carbonyl (C=O) groups excluding carboxylic acids is 1. The summed E-state index contributed by atoms with van der Waals surface area (Å²) in [6, 6.07) is 15.2. The number of benzene rings is 2. The van der Waals surface area contributed by atoms with E-state index in [-0.39, 0.29) is 11.4 Å². The molecular weight excluding hydrogens is 366 g/mol. The lowest BCUT2D eigenvalue weighted by Gasteiger charge is -2.27. The number of hydrogen-bond acceptors (Lipinski definition) is 5. The van der Waals surface area contributed by atoms with E-state index in [2.05, 4.69) is 5.32 Å². The second-order valence-corrected chi connectivity index (χ2v) is 8.16. The van der Waals surface area contributed by atoms with Crippen LogP contribution in [0.3, 0.4) is 0 Å². The van der Waals surface area contributed by atoms with E-state index in [4.69, 9.17) is 10.5 Å². The quantitative estimate of drug-likeness (QED) is 0.736. The highest BCUT2D eigenvalue weighted by Gasteiger charge is 2.28. The number of amides is 1. The molecule has 0 saturated carbocycles. The Morgan fingerprint density at radius 3 is 2.37 bits per heavy atom. The average Bonchev–Trinajstić information content (AvgIpc) is 2.69. The maximum absolute atomic E-state index is 13.0. The zero-order valence-electron chi connectivity index (χ0n) is 14.9. The fourth-order valence-electron chi connectivity index (χ4n) is 3.07. The molecule has 27 heavy (non-hydrogen) atoms. The molecule has 8 heteroatoms. The Hall–Kier alpha value is -2.26. The van der Waals surface area contributed by atoms with E-state index in [1.165, 1.54) is 4.31 Å². The monoisotopic (exact) mass is 389 g/mol. The molecule has 1 atom stereocenters. The number of primary amides is 1. The highest BCUT2D eigenvalue weighted by atomic mass is 32.2. The number of ether oxygens (including phenoxy) is 1. The van der Waals surface area contributed by atoms with Gasteiger partial charge in [-0.05, 0) is 17.2 Å². The maximum atomic E-state index is 13.0. The number of sulfonamides is 1. The number of morpholine rings is 1. The first kappa shape index (κ1) is 19.5. The van der Waals surface area contributed by atoms with Crippen LogP contribution in [-0.2, 0) is 26.1 Å². The first-order valence-electron chi connectivity index (χ1n) is 8.73. The third-order valence-electron chi connectivity index (χ3n) is 4.47. The third kappa shape index (κ3) is 4.54. The summed E-state index contributed by atoms with van der Waals surface area (Å²) in [6.45, 7) is 1.63. The first-order valence-corrected chi connectivity index (χ1v) is 10.2. The Balaban J connectivity index is 1.82. The van der Waals surface area contributed by atoms with Gasteiger partial charge in [0.15, 0.2) is 0 Å². The lowest BCUT2D eigenvalue weighted by atomic mass is 10.1. The van der Waals surface area contributed by atoms with Crippen LogP contribution in [0.2, 0.25) is 0 Å². The minimum atomic E-state index is -3.63. The summed E-state index contributed by atoms with van der Waals surface area (Å²) in [5.41, 5.74) is 6.86. The Bertz CT molecular complexity index is 881. The summed E-state index contributed by atoms with van der Waals surface area (Å²) in [5, 5.41) is 3.08. The Labute approximate surface area is 159 Å². The highest BCUT2D eigenvalue weighted by molar-refractivity contribution is 7.89. The molecule has 1 aliphatic heterocycles. The van der Waals surface area contributed by atoms with Crippen molar-refractivity contribution in [3.05, 3.63) is 65.7 Å². The summed E-state index contributed by atoms with van der Waals surface area (Å²) < 4.78 is 32.7. The zero-order valence-corrected chi connectivity index (χ0v) is 15.7. The molecule has 3 rings (SSSR count). The third-order valence-corrected chi connectivity index (χ3v) is 6.47. The summed E-state index contributed by atoms with van der Waals surface area (Å²) in [7, 11) is -3.63. The molecule has 1 amide bonds. The largest absolute Gasteiger partial charge is 0.379 e. The van der Waals surface area contributed by atoms with Gasteiger partial charge in [-0.3, -0.25) is 10.1 Å². The van der Waals surface area contributed by atoms with Crippen LogP contribution in [-0.4, -0.2) is 44.9 Å². The zero-order chi connectivity index (χ0) is 19.3. The summed E-state index contributed by atoms with van der Waals surface area (Å²) >= 11 is 0. The van der Waals surface area contributed by atoms with E-state index in [1.54, 1.807) is 36.4 Å². The molecule has 1 saturated heterocycles. The molecule has 2 aromatic rings. The van der Waals surface area contributed by atoms with Gasteiger partial charge in [0.05, 0.1) is 18.1 Å². The standard InChI is InChI=1S/C19H23N3O4S/c20-19(23)18(15-6-2-1-3-7-15)21-14-16-8-4-5-9-17(16)27(24,25)22-10-12-26-13-11-22/h1-9,18,21H,10-14H2,(H2,20,23). The van der Waals surface area contributed by atoms with Crippen LogP contribution >= 0.6 is 0 Å². The van der Waals surface area contributed by atoms with Crippen molar-refractivity contribution in [1.82, 2.24) is 9.62 Å². The van der Waals surface area contributed by atoms with Gasteiger partial charge < -0.3 is 10.5 Å². The van der Waals surface area contributed by atoms with Crippen molar-refractivity contribution in [2.24, 2.45) is 5.73 Å². The van der Waals surface area contributed by atoms with Crippen molar-refractivity contribution in [1.29, 1.82) is 0 Å². The van der Waals surface area contributed by atoms with Crippen LogP contribution in [0, 0.1) is 0 Å². The second kappa shape index (κ2) is 8.62. The van der Waals surface area contributed by atoms with Gasteiger partial charge in [-0.2, -0.15) is 4.31 Å². The first-order chi connectivity index (χ1) is 13.0. The minimum Gasteiger partial charge on any atom is -0.379 e. The Kier molecular flexibility index (Phi) is 6.22. The molecule has 144 valence electrons. The van der Waals surface area contributed by atoms with Crippen LogP contribution in [0.4, 0.5) is 0 Å². The van der Waals surface area contributed by atoms with Gasteiger partial charge >= 0.3 is 0 Å². The Morgan fingerprint density at radius 1 is 1.07 bits per heavy atom. The van der Waals surface area contributed by atoms with Crippen LogP contribution in [0.25, 0.3) is 0 Å². The second-order valence-electron chi connectivity index (χ2n) is 6.25. The molecule has 0 aromatic heterocycles. The normalized spacial score (nSPS) is 16.7. The smallest absolute Gasteiger partial charge is 0.243 e. The van der Waals surface area contributed by atoms with Crippen molar-refractivity contribution in [2.75, 3.05) is 26.3 Å². The number of nitrogens with one attached hydrogen (secondary N) is 1. The summed E-state index contributed by atoms with van der Waals surface area (Å²) in [6.07, 6.45) is 0. The molecule has 3 N–H and O–H groups in total. The number of rotatable bonds is 7. The predicted octanol–water partition coefficient (Wildman–Crippen LogP) is 1.02. The number of hydrogen-bond donors (Lipinski definition) is 2. The van der Waals surface area contributed by atoms with E-state index < -0.39 is 22.0 Å². The molecule has 1 aliphatic rings. The van der Waals surface area contributed by atoms with Gasteiger partial charge in [0.1, 0.15) is 6.04 Å². The van der Waals surface area contributed by atoms with Crippen LogP contribution in [0.5, 0.6) is 0 Å². The highest BCUT2D eigenvalue weighted by Crippen LogP contribution is 2.22. The molecule has 0 spiro atoms. The van der Waals surface area contributed by atoms with Crippen LogP contribution < -0.4 is 11.1 Å². The van der Waals surface area contributed by atoms with Crippen LogP contribution in [0.1, 0.15) is 17.2 Å². The van der Waals surface area contributed by atoms with E-state index in [1.807, 2.05) is 18.2 Å². The Morgan fingerprint density at radius 2 is 1.70 bits per heavy atom. The van der Waals surface area contributed by atoms with Crippen molar-refractivity contribution >= 4 is 15.9 Å². The molecule has 0 bridgehead atoms. The number of nitrogens with two attached hydrogens (primary N) is 1. The number of nitrogens with zero attached hydrogens (tertiary/aromatic N) is 1. The van der Waals surface area contributed by atoms with Crippen molar-refractivity contribution < 1.29 is 17.9 Å². The van der Waals surface area contributed by atoms with Gasteiger partial charge in [-0.25, -0.2) is 8.42 Å². The molecular formula is C19H23N3O4S. The lowest BCUT2D eigenvalue weighted by Crippen LogP contribution is -2.41. The SMILES string of the molecule is NC(=O)C(NCc1ccccc1S(=O)(=O)N1CCOCC1)c1ccccc1. The average molecular weight is 389 g/mol. The summed E-state index contributed by atoms with van der Waals surface area (Å²) in [5.74, 6) is -0.519. The molecule has 1 heterocycles. The minimum absolute atomic E-state index is 0.197. The summed E-state index contributed by atoms with van der Waals surface area (Å²) in [4.78, 5) is 12.1. The van der Waals surface area contributed by atoms with Crippen LogP contribution in [0.15, 0.2) is 59.5 Å². The maximum Gasteiger partial charge on any atom is 0.243 e. The predicted molar refractivity (Wildman–Crippen MR) is 101 cm³/mol. The van der Waals surface area contributed by atoms with Crippen molar-refractivity contribution in [2.45, 2.75) is 17.5 Å². The topological polar surface area (TPSA) is 102 Å². The van der Waals surface area contributed by atoms with E-state index >= 15 is 0 Å². The van der Waals surface area contributed by atoms with E-state index in [0.29, 0.717) is 31.9 Å². The fourth-order valence-corrected chi connectivity index (χ4v) is 4.70. The van der Waals surface area contributed by atoms with Gasteiger partial charge in [0.2, 0.25) is 15.9 Å². The van der Waals surface area contributed by atoms with Crippen molar-refractivity contribution in [3.63, 3.8) is 0 Å².